The van der Waals surface area contributed by atoms with Crippen molar-refractivity contribution in [3.8, 4) is 16.3 Å². The second kappa shape index (κ2) is 7.15. The first-order valence-corrected chi connectivity index (χ1v) is 10.7. The zero-order chi connectivity index (χ0) is 18.0. The Morgan fingerprint density at radius 2 is 1.76 bits per heavy atom. The molecule has 0 amide bonds. The predicted molar refractivity (Wildman–Crippen MR) is 101 cm³/mol. The second-order valence-electron chi connectivity index (χ2n) is 5.60. The third-order valence-electron chi connectivity index (χ3n) is 3.61. The molecule has 0 bridgehead atoms. The van der Waals surface area contributed by atoms with Crippen LogP contribution in [0, 0.1) is 13.8 Å². The maximum absolute atomic E-state index is 11.6. The lowest BCUT2D eigenvalue weighted by Gasteiger charge is -2.10. The first-order valence-electron chi connectivity index (χ1n) is 7.54. The van der Waals surface area contributed by atoms with E-state index in [4.69, 9.17) is 15.4 Å². The van der Waals surface area contributed by atoms with Crippen LogP contribution < -0.4 is 4.74 Å². The summed E-state index contributed by atoms with van der Waals surface area (Å²) < 4.78 is 29.3. The third kappa shape index (κ3) is 4.21. The molecule has 4 nitrogen and oxygen atoms in total. The van der Waals surface area contributed by atoms with Crippen LogP contribution >= 0.6 is 22.0 Å². The van der Waals surface area contributed by atoms with Crippen molar-refractivity contribution in [2.75, 3.05) is 0 Å². The summed E-state index contributed by atoms with van der Waals surface area (Å²) in [5.74, 6) is 0.648. The van der Waals surface area contributed by atoms with Crippen molar-refractivity contribution < 1.29 is 13.2 Å². The van der Waals surface area contributed by atoms with Crippen LogP contribution in [0.2, 0.25) is 0 Å². The third-order valence-corrected chi connectivity index (χ3v) is 6.98. The Kier molecular flexibility index (Phi) is 5.13. The molecule has 0 N–H and O–H groups in total. The second-order valence-corrected chi connectivity index (χ2v) is 9.36. The van der Waals surface area contributed by atoms with E-state index < -0.39 is 9.05 Å². The molecule has 1 aromatic heterocycles. The van der Waals surface area contributed by atoms with E-state index in [-0.39, 0.29) is 4.21 Å². The first-order chi connectivity index (χ1) is 11.8. The fourth-order valence-electron chi connectivity index (χ4n) is 2.34. The number of hydrogen-bond acceptors (Lipinski definition) is 5. The van der Waals surface area contributed by atoms with E-state index in [0.29, 0.717) is 23.1 Å². The largest absolute Gasteiger partial charge is 0.488 e. The van der Waals surface area contributed by atoms with Crippen LogP contribution in [-0.4, -0.2) is 13.4 Å². The smallest absolute Gasteiger partial charge is 0.272 e. The van der Waals surface area contributed by atoms with Gasteiger partial charge in [-0.25, -0.2) is 13.4 Å². The van der Waals surface area contributed by atoms with Crippen LogP contribution in [0.5, 0.6) is 5.75 Å². The van der Waals surface area contributed by atoms with E-state index in [1.807, 2.05) is 55.5 Å². The molecule has 0 aliphatic carbocycles. The van der Waals surface area contributed by atoms with Gasteiger partial charge in [-0.15, -0.1) is 11.3 Å². The molecular formula is C18H16ClNO3S2. The molecule has 7 heteroatoms. The number of rotatable bonds is 5. The van der Waals surface area contributed by atoms with Gasteiger partial charge in [0.05, 0.1) is 11.3 Å². The number of ether oxygens (including phenoxy) is 1. The molecule has 2 aromatic carbocycles. The predicted octanol–water partition coefficient (Wildman–Crippen LogP) is 4.93. The topological polar surface area (TPSA) is 56.3 Å². The molecule has 0 fully saturated rings. The van der Waals surface area contributed by atoms with E-state index in [2.05, 4.69) is 4.98 Å². The fourth-order valence-corrected chi connectivity index (χ4v) is 4.82. The van der Waals surface area contributed by atoms with E-state index in [9.17, 15) is 8.42 Å². The maximum Gasteiger partial charge on any atom is 0.272 e. The minimum Gasteiger partial charge on any atom is -0.488 e. The number of hydrogen-bond donors (Lipinski definition) is 0. The van der Waals surface area contributed by atoms with Crippen molar-refractivity contribution in [3.63, 3.8) is 0 Å². The maximum atomic E-state index is 11.6. The molecule has 0 aliphatic rings. The Morgan fingerprint density at radius 3 is 2.40 bits per heavy atom. The van der Waals surface area contributed by atoms with Crippen LogP contribution in [0.1, 0.15) is 16.8 Å². The summed E-state index contributed by atoms with van der Waals surface area (Å²) in [5.41, 5.74) is 3.38. The lowest BCUT2D eigenvalue weighted by atomic mass is 10.1. The molecule has 0 saturated carbocycles. The van der Waals surface area contributed by atoms with Crippen LogP contribution in [0.3, 0.4) is 0 Å². The number of nitrogens with zero attached hydrogens (tertiary/aromatic N) is 1. The van der Waals surface area contributed by atoms with E-state index in [1.165, 1.54) is 5.56 Å². The highest BCUT2D eigenvalue weighted by Crippen LogP contribution is 2.37. The highest BCUT2D eigenvalue weighted by molar-refractivity contribution is 8.15. The van der Waals surface area contributed by atoms with Crippen molar-refractivity contribution in [2.24, 2.45) is 0 Å². The number of thiazole rings is 1. The van der Waals surface area contributed by atoms with Crippen molar-refractivity contribution >= 4 is 31.1 Å². The average Bonchev–Trinajstić information content (AvgIpc) is 2.97. The Bertz CT molecular complexity index is 995. The summed E-state index contributed by atoms with van der Waals surface area (Å²) in [7, 11) is 1.66. The van der Waals surface area contributed by atoms with Gasteiger partial charge < -0.3 is 4.74 Å². The number of aromatic nitrogens is 1. The van der Waals surface area contributed by atoms with Gasteiger partial charge in [-0.2, -0.15) is 0 Å². The molecule has 130 valence electrons. The van der Waals surface area contributed by atoms with Crippen molar-refractivity contribution in [1.29, 1.82) is 0 Å². The van der Waals surface area contributed by atoms with Crippen LogP contribution in [0.25, 0.3) is 10.6 Å². The summed E-state index contributed by atoms with van der Waals surface area (Å²) in [6.45, 7) is 4.08. The molecule has 0 saturated heterocycles. The lowest BCUT2D eigenvalue weighted by molar-refractivity contribution is 0.307. The van der Waals surface area contributed by atoms with E-state index in [0.717, 1.165) is 22.5 Å². The van der Waals surface area contributed by atoms with Gasteiger partial charge in [0.25, 0.3) is 9.05 Å². The summed E-state index contributed by atoms with van der Waals surface area (Å²) >= 11 is 1.05. The molecule has 0 spiro atoms. The van der Waals surface area contributed by atoms with Crippen LogP contribution in [0.4, 0.5) is 0 Å². The molecule has 0 radical (unpaired) electrons. The van der Waals surface area contributed by atoms with Crippen molar-refractivity contribution in [3.05, 3.63) is 65.4 Å². The zero-order valence-corrected chi connectivity index (χ0v) is 16.1. The monoisotopic (exact) mass is 393 g/mol. The van der Waals surface area contributed by atoms with Crippen LogP contribution in [0.15, 0.2) is 52.7 Å². The van der Waals surface area contributed by atoms with Gasteiger partial charge in [-0.3, -0.25) is 0 Å². The van der Waals surface area contributed by atoms with E-state index in [1.54, 1.807) is 6.92 Å². The average molecular weight is 394 g/mol. The number of aryl methyl sites for hydroxylation is 2. The summed E-state index contributed by atoms with van der Waals surface area (Å²) in [4.78, 5) is 4.35. The zero-order valence-electron chi connectivity index (χ0n) is 13.7. The lowest BCUT2D eigenvalue weighted by Crippen LogP contribution is -1.97. The molecule has 3 rings (SSSR count). The highest BCUT2D eigenvalue weighted by atomic mass is 35.7. The quantitative estimate of drug-likeness (QED) is 0.576. The summed E-state index contributed by atoms with van der Waals surface area (Å²) in [6, 6.07) is 15.5. The molecule has 3 aromatic rings. The molecule has 1 heterocycles. The van der Waals surface area contributed by atoms with Gasteiger partial charge in [0.1, 0.15) is 17.4 Å². The first kappa shape index (κ1) is 17.9. The number of benzene rings is 2. The molecule has 0 unspecified atom stereocenters. The van der Waals surface area contributed by atoms with Gasteiger partial charge in [-0.1, -0.05) is 42.0 Å². The van der Waals surface area contributed by atoms with Gasteiger partial charge in [0.2, 0.25) is 0 Å². The molecule has 25 heavy (non-hydrogen) atoms. The minimum absolute atomic E-state index is 0.0671. The fraction of sp³-hybridized carbons (Fsp3) is 0.167. The summed E-state index contributed by atoms with van der Waals surface area (Å²) in [5, 5.41) is 0.566. The minimum atomic E-state index is -3.81. The van der Waals surface area contributed by atoms with Gasteiger partial charge in [0.15, 0.2) is 4.21 Å². The van der Waals surface area contributed by atoms with Gasteiger partial charge in [-0.05, 0) is 31.5 Å². The molecular weight excluding hydrogens is 378 g/mol. The number of para-hydroxylation sites is 1. The van der Waals surface area contributed by atoms with Crippen molar-refractivity contribution in [2.45, 2.75) is 24.7 Å². The van der Waals surface area contributed by atoms with Crippen molar-refractivity contribution in [1.82, 2.24) is 4.98 Å². The van der Waals surface area contributed by atoms with Crippen LogP contribution in [-0.2, 0) is 15.7 Å². The normalized spacial score (nSPS) is 11.5. The molecule has 0 atom stereocenters. The number of halogens is 1. The standard InChI is InChI=1S/C18H16ClNO3S2/c1-12-7-9-14(10-8-12)11-23-16-6-4-3-5-15(16)17-20-13(2)18(24-17)25(19,21)22/h3-10H,11H2,1-2H3. The molecule has 0 aliphatic heterocycles. The Balaban J connectivity index is 1.90. The Morgan fingerprint density at radius 1 is 1.08 bits per heavy atom. The van der Waals surface area contributed by atoms with Gasteiger partial charge >= 0.3 is 0 Å². The Hall–Kier alpha value is -1.89. The SMILES string of the molecule is Cc1ccc(COc2ccccc2-c2nc(C)c(S(=O)(=O)Cl)s2)cc1. The van der Waals surface area contributed by atoms with Gasteiger partial charge in [0, 0.05) is 10.7 Å². The highest BCUT2D eigenvalue weighted by Gasteiger charge is 2.21. The summed E-state index contributed by atoms with van der Waals surface area (Å²) in [6.07, 6.45) is 0. The Labute approximate surface area is 155 Å². The van der Waals surface area contributed by atoms with E-state index >= 15 is 0 Å².